The second-order valence-corrected chi connectivity index (χ2v) is 4.80. The monoisotopic (exact) mass is 278 g/mol. The van der Waals surface area contributed by atoms with E-state index in [4.69, 9.17) is 4.74 Å². The van der Waals surface area contributed by atoms with Gasteiger partial charge in [0.15, 0.2) is 0 Å². The van der Waals surface area contributed by atoms with E-state index in [1.807, 2.05) is 0 Å². The molecule has 0 spiro atoms. The fourth-order valence-electron chi connectivity index (χ4n) is 2.01. The zero-order valence-electron chi connectivity index (χ0n) is 11.1. The molecule has 19 heavy (non-hydrogen) atoms. The highest BCUT2D eigenvalue weighted by atomic mass is 16.6. The van der Waals surface area contributed by atoms with Crippen molar-refractivity contribution in [3.63, 3.8) is 0 Å². The fourth-order valence-corrected chi connectivity index (χ4v) is 2.01. The summed E-state index contributed by atoms with van der Waals surface area (Å²) >= 11 is 0. The Morgan fingerprint density at radius 1 is 1.32 bits per heavy atom. The van der Waals surface area contributed by atoms with Crippen LogP contribution in [0.4, 0.5) is 4.79 Å². The largest absolute Gasteiger partial charge is 0.448 e. The van der Waals surface area contributed by atoms with Gasteiger partial charge in [0.25, 0.3) is 0 Å². The molecule has 0 aliphatic carbocycles. The Hall–Kier alpha value is -0.930. The van der Waals surface area contributed by atoms with Crippen LogP contribution in [0.3, 0.4) is 0 Å². The summed E-state index contributed by atoms with van der Waals surface area (Å²) in [6.07, 6.45) is -4.10. The summed E-state index contributed by atoms with van der Waals surface area (Å²) in [5.41, 5.74) is 0. The number of ether oxygens (including phenoxy) is 1. The molecule has 4 atom stereocenters. The summed E-state index contributed by atoms with van der Waals surface area (Å²) in [5, 5.41) is 38.1. The number of carbonyl (C=O) groups is 1. The van der Waals surface area contributed by atoms with Crippen molar-refractivity contribution in [2.75, 3.05) is 40.4 Å². The first-order valence-electron chi connectivity index (χ1n) is 6.11. The maximum Gasteiger partial charge on any atom is 0.409 e. The number of carbonyl (C=O) groups excluding carboxylic acids is 1. The number of β-amino-alcohol motifs (C(OH)–C–C–N with tert-alkyl or cyclic N) is 1. The van der Waals surface area contributed by atoms with Crippen LogP contribution in [-0.2, 0) is 4.74 Å². The van der Waals surface area contributed by atoms with E-state index >= 15 is 0 Å². The van der Waals surface area contributed by atoms with E-state index in [9.17, 15) is 25.2 Å². The molecule has 112 valence electrons. The molecule has 8 nitrogen and oxygen atoms in total. The highest BCUT2D eigenvalue weighted by molar-refractivity contribution is 5.66. The summed E-state index contributed by atoms with van der Waals surface area (Å²) < 4.78 is 4.93. The molecule has 0 radical (unpaired) electrons. The second-order valence-electron chi connectivity index (χ2n) is 4.80. The molecule has 1 heterocycles. The highest BCUT2D eigenvalue weighted by Crippen LogP contribution is 2.18. The van der Waals surface area contributed by atoms with Crippen LogP contribution in [0, 0.1) is 0 Å². The molecular formula is C11H22N2O6. The Morgan fingerprint density at radius 3 is 2.47 bits per heavy atom. The molecular weight excluding hydrogens is 256 g/mol. The maximum atomic E-state index is 11.2. The van der Waals surface area contributed by atoms with Crippen LogP contribution < -0.4 is 0 Å². The molecule has 0 unspecified atom stereocenters. The molecule has 4 N–H and O–H groups in total. The van der Waals surface area contributed by atoms with Crippen LogP contribution in [0.2, 0.25) is 0 Å². The first kappa shape index (κ1) is 16.1. The number of nitrogens with zero attached hydrogens (tertiary/aromatic N) is 2. The van der Waals surface area contributed by atoms with Gasteiger partial charge in [-0.05, 0) is 0 Å². The van der Waals surface area contributed by atoms with Crippen molar-refractivity contribution in [1.82, 2.24) is 9.80 Å². The Morgan fingerprint density at radius 2 is 1.95 bits per heavy atom. The molecule has 1 rings (SSSR count). The quantitative estimate of drug-likeness (QED) is 0.447. The zero-order chi connectivity index (χ0) is 14.6. The minimum atomic E-state index is -1.28. The Bertz CT molecular complexity index is 301. The fraction of sp³-hybridized carbons (Fsp3) is 0.909. The number of piperidine rings is 1. The predicted molar refractivity (Wildman–Crippen MR) is 65.5 cm³/mol. The van der Waals surface area contributed by atoms with Crippen molar-refractivity contribution in [3.05, 3.63) is 0 Å². The SMILES string of the molecule is CN(C)C(=O)OCCN1C[C@H](O)[C@@H](O)[C@H](O)[C@H]1CO. The molecule has 0 aromatic carbocycles. The first-order valence-corrected chi connectivity index (χ1v) is 6.11. The van der Waals surface area contributed by atoms with Crippen molar-refractivity contribution in [2.24, 2.45) is 0 Å². The highest BCUT2D eigenvalue weighted by Gasteiger charge is 2.40. The summed E-state index contributed by atoms with van der Waals surface area (Å²) in [5.74, 6) is 0. The topological polar surface area (TPSA) is 114 Å². The smallest absolute Gasteiger partial charge is 0.409 e. The van der Waals surface area contributed by atoms with Gasteiger partial charge in [-0.2, -0.15) is 0 Å². The molecule has 0 aromatic rings. The van der Waals surface area contributed by atoms with Crippen molar-refractivity contribution >= 4 is 6.09 Å². The third-order valence-electron chi connectivity index (χ3n) is 3.19. The lowest BCUT2D eigenvalue weighted by Gasteiger charge is -2.42. The first-order chi connectivity index (χ1) is 8.88. The summed E-state index contributed by atoms with van der Waals surface area (Å²) in [7, 11) is 3.12. The van der Waals surface area contributed by atoms with Gasteiger partial charge in [0.1, 0.15) is 18.8 Å². The molecule has 0 bridgehead atoms. The molecule has 1 amide bonds. The van der Waals surface area contributed by atoms with E-state index in [0.29, 0.717) is 0 Å². The number of aliphatic hydroxyl groups excluding tert-OH is 4. The van der Waals surface area contributed by atoms with Gasteiger partial charge in [-0.25, -0.2) is 4.79 Å². The van der Waals surface area contributed by atoms with E-state index in [1.54, 1.807) is 19.0 Å². The molecule has 1 aliphatic rings. The number of rotatable bonds is 4. The molecule has 1 aliphatic heterocycles. The summed E-state index contributed by atoms with van der Waals surface area (Å²) in [4.78, 5) is 14.1. The van der Waals surface area contributed by atoms with Crippen LogP contribution in [0.25, 0.3) is 0 Å². The van der Waals surface area contributed by atoms with E-state index in [0.717, 1.165) is 0 Å². The lowest BCUT2D eigenvalue weighted by molar-refractivity contribution is -0.146. The predicted octanol–water partition coefficient (Wildman–Crippen LogP) is -2.56. The minimum Gasteiger partial charge on any atom is -0.448 e. The van der Waals surface area contributed by atoms with E-state index < -0.39 is 30.4 Å². The van der Waals surface area contributed by atoms with E-state index in [2.05, 4.69) is 0 Å². The maximum absolute atomic E-state index is 11.2. The van der Waals surface area contributed by atoms with Gasteiger partial charge in [-0.3, -0.25) is 4.90 Å². The molecule has 0 saturated carbocycles. The van der Waals surface area contributed by atoms with Crippen molar-refractivity contribution in [1.29, 1.82) is 0 Å². The Labute approximate surface area is 111 Å². The minimum absolute atomic E-state index is 0.0725. The average Bonchev–Trinajstić information content (AvgIpc) is 2.36. The molecule has 0 aromatic heterocycles. The van der Waals surface area contributed by atoms with Gasteiger partial charge < -0.3 is 30.1 Å². The molecule has 1 saturated heterocycles. The van der Waals surface area contributed by atoms with Gasteiger partial charge in [0, 0.05) is 27.2 Å². The average molecular weight is 278 g/mol. The van der Waals surface area contributed by atoms with Crippen molar-refractivity contribution in [3.8, 4) is 0 Å². The number of amides is 1. The van der Waals surface area contributed by atoms with Crippen LogP contribution >= 0.6 is 0 Å². The van der Waals surface area contributed by atoms with Gasteiger partial charge in [0.2, 0.25) is 0 Å². The van der Waals surface area contributed by atoms with Gasteiger partial charge in [-0.15, -0.1) is 0 Å². The van der Waals surface area contributed by atoms with E-state index in [1.165, 1.54) is 4.90 Å². The lowest BCUT2D eigenvalue weighted by Crippen LogP contribution is -2.62. The van der Waals surface area contributed by atoms with Crippen LogP contribution in [0.5, 0.6) is 0 Å². The zero-order valence-corrected chi connectivity index (χ0v) is 11.1. The number of hydrogen-bond acceptors (Lipinski definition) is 7. The van der Waals surface area contributed by atoms with Gasteiger partial charge in [-0.1, -0.05) is 0 Å². The van der Waals surface area contributed by atoms with Crippen LogP contribution in [0.15, 0.2) is 0 Å². The Kier molecular flexibility index (Phi) is 5.95. The van der Waals surface area contributed by atoms with Crippen molar-refractivity contribution < 1.29 is 30.0 Å². The Balaban J connectivity index is 2.49. The van der Waals surface area contributed by atoms with E-state index in [-0.39, 0.29) is 26.3 Å². The van der Waals surface area contributed by atoms with Crippen molar-refractivity contribution in [2.45, 2.75) is 24.4 Å². The number of aliphatic hydroxyl groups is 4. The normalized spacial score (nSPS) is 32.1. The summed E-state index contributed by atoms with van der Waals surface area (Å²) in [6, 6.07) is -0.684. The summed E-state index contributed by atoms with van der Waals surface area (Å²) in [6.45, 7) is 0.0736. The lowest BCUT2D eigenvalue weighted by atomic mass is 9.94. The second kappa shape index (κ2) is 7.01. The van der Waals surface area contributed by atoms with Crippen LogP contribution in [-0.4, -0.2) is 101 Å². The van der Waals surface area contributed by atoms with Gasteiger partial charge in [0.05, 0.1) is 18.8 Å². The van der Waals surface area contributed by atoms with Crippen LogP contribution in [0.1, 0.15) is 0 Å². The third kappa shape index (κ3) is 4.02. The molecule has 1 fully saturated rings. The number of hydrogen-bond donors (Lipinski definition) is 4. The molecule has 8 heteroatoms. The van der Waals surface area contributed by atoms with Gasteiger partial charge >= 0.3 is 6.09 Å². The standard InChI is InChI=1S/C11H22N2O6/c1-12(2)11(18)19-4-3-13-5-8(15)10(17)9(16)7(13)6-14/h7-10,14-17H,3-6H2,1-2H3/t7-,8+,9-,10-/m1/s1. The third-order valence-corrected chi connectivity index (χ3v) is 3.19. The number of likely N-dealkylation sites (tertiary alicyclic amines) is 1.